The van der Waals surface area contributed by atoms with Crippen LogP contribution < -0.4 is 10.2 Å². The molecular formula is C22H20FN3O. The lowest BCUT2D eigenvalue weighted by Crippen LogP contribution is -2.27. The summed E-state index contributed by atoms with van der Waals surface area (Å²) in [5.74, 6) is 0.186. The predicted octanol–water partition coefficient (Wildman–Crippen LogP) is 4.24. The van der Waals surface area contributed by atoms with Crippen LogP contribution in [0.1, 0.15) is 27.9 Å². The molecule has 1 N–H and O–H groups in total. The molecule has 4 nitrogen and oxygen atoms in total. The lowest BCUT2D eigenvalue weighted by atomic mass is 10.0. The van der Waals surface area contributed by atoms with Gasteiger partial charge in [-0.1, -0.05) is 36.4 Å². The lowest BCUT2D eigenvalue weighted by Gasteiger charge is -2.30. The van der Waals surface area contributed by atoms with E-state index < -0.39 is 0 Å². The van der Waals surface area contributed by atoms with Gasteiger partial charge in [-0.2, -0.15) is 0 Å². The first-order valence-electron chi connectivity index (χ1n) is 9.05. The van der Waals surface area contributed by atoms with Crippen LogP contribution in [0.15, 0.2) is 66.9 Å². The van der Waals surface area contributed by atoms with E-state index in [2.05, 4.69) is 27.3 Å². The van der Waals surface area contributed by atoms with Crippen molar-refractivity contribution in [2.45, 2.75) is 19.4 Å². The smallest absolute Gasteiger partial charge is 0.251 e. The van der Waals surface area contributed by atoms with Crippen LogP contribution in [0, 0.1) is 5.82 Å². The Morgan fingerprint density at radius 1 is 1.11 bits per heavy atom. The number of aryl methyl sites for hydroxylation is 1. The Morgan fingerprint density at radius 2 is 1.93 bits per heavy atom. The van der Waals surface area contributed by atoms with Gasteiger partial charge in [-0.05, 0) is 42.7 Å². The van der Waals surface area contributed by atoms with Gasteiger partial charge < -0.3 is 10.2 Å². The van der Waals surface area contributed by atoms with E-state index in [0.29, 0.717) is 11.1 Å². The number of amides is 1. The zero-order valence-electron chi connectivity index (χ0n) is 14.9. The van der Waals surface area contributed by atoms with Gasteiger partial charge in [0, 0.05) is 36.1 Å². The van der Waals surface area contributed by atoms with Crippen LogP contribution in [0.5, 0.6) is 0 Å². The molecule has 0 saturated carbocycles. The maximum Gasteiger partial charge on any atom is 0.251 e. The molecule has 0 fully saturated rings. The van der Waals surface area contributed by atoms with Crippen LogP contribution >= 0.6 is 0 Å². The van der Waals surface area contributed by atoms with Crippen molar-refractivity contribution in [2.75, 3.05) is 11.4 Å². The molecular weight excluding hydrogens is 341 g/mol. The molecule has 3 aromatic rings. The summed E-state index contributed by atoms with van der Waals surface area (Å²) in [6, 6.07) is 18.2. The van der Waals surface area contributed by atoms with Crippen molar-refractivity contribution in [3.63, 3.8) is 0 Å². The molecule has 0 unspecified atom stereocenters. The third-order valence-corrected chi connectivity index (χ3v) is 4.79. The molecule has 1 aliphatic heterocycles. The zero-order valence-corrected chi connectivity index (χ0v) is 14.9. The van der Waals surface area contributed by atoms with Crippen molar-refractivity contribution in [2.24, 2.45) is 0 Å². The van der Waals surface area contributed by atoms with Crippen molar-refractivity contribution in [1.82, 2.24) is 10.3 Å². The summed E-state index contributed by atoms with van der Waals surface area (Å²) in [6.07, 6.45) is 3.74. The number of benzene rings is 2. The molecule has 1 aromatic heterocycles. The lowest BCUT2D eigenvalue weighted by molar-refractivity contribution is 0.0950. The van der Waals surface area contributed by atoms with E-state index in [1.54, 1.807) is 36.5 Å². The molecule has 0 bridgehead atoms. The highest BCUT2D eigenvalue weighted by Gasteiger charge is 2.19. The molecule has 1 aliphatic rings. The van der Waals surface area contributed by atoms with Gasteiger partial charge >= 0.3 is 0 Å². The standard InChI is InChI=1S/C22H20FN3O/c23-19-9-3-1-7-18(19)15-25-22(27)17-11-12-24-21(14-17)26-13-5-8-16-6-2-4-10-20(16)26/h1-4,6-7,9-12,14H,5,8,13,15H2,(H,25,27). The number of rotatable bonds is 4. The molecule has 0 atom stereocenters. The van der Waals surface area contributed by atoms with Gasteiger partial charge in [0.1, 0.15) is 11.6 Å². The molecule has 0 spiro atoms. The highest BCUT2D eigenvalue weighted by Crippen LogP contribution is 2.32. The minimum absolute atomic E-state index is 0.149. The number of aromatic nitrogens is 1. The normalized spacial score (nSPS) is 13.1. The Labute approximate surface area is 157 Å². The second-order valence-electron chi connectivity index (χ2n) is 6.56. The first-order chi connectivity index (χ1) is 13.2. The van der Waals surface area contributed by atoms with Crippen LogP contribution in [0.3, 0.4) is 0 Å². The van der Waals surface area contributed by atoms with E-state index in [1.807, 2.05) is 12.1 Å². The molecule has 2 aromatic carbocycles. The fourth-order valence-electron chi connectivity index (χ4n) is 3.40. The Balaban J connectivity index is 1.53. The summed E-state index contributed by atoms with van der Waals surface area (Å²) in [4.78, 5) is 19.1. The van der Waals surface area contributed by atoms with Crippen molar-refractivity contribution in [3.05, 3.63) is 89.4 Å². The molecule has 5 heteroatoms. The molecule has 1 amide bonds. The minimum Gasteiger partial charge on any atom is -0.348 e. The van der Waals surface area contributed by atoms with E-state index in [9.17, 15) is 9.18 Å². The average molecular weight is 361 g/mol. The van der Waals surface area contributed by atoms with Crippen LogP contribution in [0.25, 0.3) is 0 Å². The van der Waals surface area contributed by atoms with Crippen molar-refractivity contribution in [1.29, 1.82) is 0 Å². The maximum absolute atomic E-state index is 13.7. The number of halogens is 1. The number of pyridine rings is 1. The number of carbonyl (C=O) groups excluding carboxylic acids is 1. The van der Waals surface area contributed by atoms with Gasteiger partial charge in [0.15, 0.2) is 0 Å². The molecule has 27 heavy (non-hydrogen) atoms. The molecule has 0 radical (unpaired) electrons. The minimum atomic E-state index is -0.321. The second kappa shape index (κ2) is 7.58. The predicted molar refractivity (Wildman–Crippen MR) is 104 cm³/mol. The van der Waals surface area contributed by atoms with Crippen LogP contribution in [0.2, 0.25) is 0 Å². The maximum atomic E-state index is 13.7. The van der Waals surface area contributed by atoms with E-state index in [4.69, 9.17) is 0 Å². The fraction of sp³-hybridized carbons (Fsp3) is 0.182. The van der Waals surface area contributed by atoms with E-state index >= 15 is 0 Å². The largest absolute Gasteiger partial charge is 0.348 e. The zero-order chi connectivity index (χ0) is 18.6. The summed E-state index contributed by atoms with van der Waals surface area (Å²) in [5.41, 5.74) is 3.41. The van der Waals surface area contributed by atoms with E-state index in [1.165, 1.54) is 11.6 Å². The Morgan fingerprint density at radius 3 is 2.81 bits per heavy atom. The number of carbonyl (C=O) groups is 1. The number of nitrogens with one attached hydrogen (secondary N) is 1. The van der Waals surface area contributed by atoms with Gasteiger partial charge in [0.2, 0.25) is 0 Å². The summed E-state index contributed by atoms with van der Waals surface area (Å²) in [6.45, 7) is 1.01. The first kappa shape index (κ1) is 17.2. The third-order valence-electron chi connectivity index (χ3n) is 4.79. The summed E-state index contributed by atoms with van der Waals surface area (Å²) in [7, 11) is 0. The van der Waals surface area contributed by atoms with Gasteiger partial charge in [-0.15, -0.1) is 0 Å². The molecule has 2 heterocycles. The van der Waals surface area contributed by atoms with Crippen LogP contribution in [-0.2, 0) is 13.0 Å². The number of hydrogen-bond acceptors (Lipinski definition) is 3. The molecule has 4 rings (SSSR count). The van der Waals surface area contributed by atoms with E-state index in [-0.39, 0.29) is 18.3 Å². The molecule has 136 valence electrons. The fourth-order valence-corrected chi connectivity index (χ4v) is 3.40. The highest BCUT2D eigenvalue weighted by atomic mass is 19.1. The number of hydrogen-bond donors (Lipinski definition) is 1. The Kier molecular flexibility index (Phi) is 4.83. The topological polar surface area (TPSA) is 45.2 Å². The second-order valence-corrected chi connectivity index (χ2v) is 6.56. The van der Waals surface area contributed by atoms with Crippen molar-refractivity contribution < 1.29 is 9.18 Å². The Bertz CT molecular complexity index is 973. The van der Waals surface area contributed by atoms with Gasteiger partial charge in [0.25, 0.3) is 5.91 Å². The number of para-hydroxylation sites is 1. The van der Waals surface area contributed by atoms with Gasteiger partial charge in [-0.25, -0.2) is 9.37 Å². The number of nitrogens with zero attached hydrogens (tertiary/aromatic N) is 2. The van der Waals surface area contributed by atoms with Gasteiger partial charge in [-0.3, -0.25) is 4.79 Å². The highest BCUT2D eigenvalue weighted by molar-refractivity contribution is 5.95. The molecule has 0 saturated heterocycles. The number of fused-ring (bicyclic) bond motifs is 1. The van der Waals surface area contributed by atoms with Crippen LogP contribution in [-0.4, -0.2) is 17.4 Å². The molecule has 0 aliphatic carbocycles. The van der Waals surface area contributed by atoms with Gasteiger partial charge in [0.05, 0.1) is 0 Å². The summed E-state index contributed by atoms with van der Waals surface area (Å²) < 4.78 is 13.7. The van der Waals surface area contributed by atoms with Crippen LogP contribution in [0.4, 0.5) is 15.9 Å². The van der Waals surface area contributed by atoms with E-state index in [0.717, 1.165) is 30.9 Å². The Hall–Kier alpha value is -3.21. The third kappa shape index (κ3) is 3.67. The quantitative estimate of drug-likeness (QED) is 0.756. The van der Waals surface area contributed by atoms with Crippen molar-refractivity contribution in [3.8, 4) is 0 Å². The van der Waals surface area contributed by atoms with Crippen molar-refractivity contribution >= 4 is 17.4 Å². The SMILES string of the molecule is O=C(NCc1ccccc1F)c1ccnc(N2CCCc3ccccc32)c1. The summed E-state index contributed by atoms with van der Waals surface area (Å²) in [5, 5.41) is 2.78. The first-order valence-corrected chi connectivity index (χ1v) is 9.05. The average Bonchev–Trinajstić information content (AvgIpc) is 2.72. The summed E-state index contributed by atoms with van der Waals surface area (Å²) >= 11 is 0. The monoisotopic (exact) mass is 361 g/mol. The number of anilines is 2.